The van der Waals surface area contributed by atoms with Crippen LogP contribution in [0.4, 0.5) is 5.82 Å². The fraction of sp³-hybridized carbons (Fsp3) is 0.615. The van der Waals surface area contributed by atoms with E-state index in [1.54, 1.807) is 6.07 Å². The predicted molar refractivity (Wildman–Crippen MR) is 78.4 cm³/mol. The molecule has 0 amide bonds. The number of piperidine rings is 1. The number of rotatable bonds is 4. The molecule has 3 N–H and O–H groups in total. The zero-order valence-corrected chi connectivity index (χ0v) is 12.8. The van der Waals surface area contributed by atoms with Crippen molar-refractivity contribution in [3.63, 3.8) is 0 Å². The van der Waals surface area contributed by atoms with Crippen molar-refractivity contribution in [3.05, 3.63) is 18.3 Å². The van der Waals surface area contributed by atoms with Crippen LogP contribution in [0.3, 0.4) is 0 Å². The maximum Gasteiger partial charge on any atom is 0.246 e. The van der Waals surface area contributed by atoms with E-state index in [1.165, 1.54) is 16.6 Å². The van der Waals surface area contributed by atoms with Gasteiger partial charge >= 0.3 is 0 Å². The lowest BCUT2D eigenvalue weighted by Crippen LogP contribution is -2.42. The fourth-order valence-electron chi connectivity index (χ4n) is 2.47. The molecule has 0 aromatic carbocycles. The largest absolute Gasteiger partial charge is 0.307 e. The number of aromatic nitrogens is 1. The normalized spacial score (nSPS) is 19.8. The lowest BCUT2D eigenvalue weighted by atomic mass is 9.79. The van der Waals surface area contributed by atoms with Gasteiger partial charge in [-0.2, -0.15) is 4.31 Å². The molecule has 0 aliphatic carbocycles. The highest BCUT2D eigenvalue weighted by Crippen LogP contribution is 2.36. The molecule has 0 bridgehead atoms. The standard InChI is InChI=1S/C13H22N4O2S/c1-3-13(2)6-9-17(10-7-13)20(18,19)11-5-4-8-15-12(11)16-14/h4-5,8H,3,6-7,9-10,14H2,1-2H3,(H,15,16). The Morgan fingerprint density at radius 1 is 1.45 bits per heavy atom. The van der Waals surface area contributed by atoms with Crippen LogP contribution in [-0.4, -0.2) is 30.8 Å². The van der Waals surface area contributed by atoms with Crippen molar-refractivity contribution in [2.75, 3.05) is 18.5 Å². The molecule has 0 spiro atoms. The highest BCUT2D eigenvalue weighted by molar-refractivity contribution is 7.89. The molecular formula is C13H22N4O2S. The van der Waals surface area contributed by atoms with E-state index in [4.69, 9.17) is 5.84 Å². The smallest absolute Gasteiger partial charge is 0.246 e. The quantitative estimate of drug-likeness (QED) is 0.650. The fourth-order valence-corrected chi connectivity index (χ4v) is 4.01. The Bertz CT molecular complexity index is 565. The van der Waals surface area contributed by atoms with Crippen LogP contribution in [0.1, 0.15) is 33.1 Å². The van der Waals surface area contributed by atoms with Gasteiger partial charge < -0.3 is 5.43 Å². The van der Waals surface area contributed by atoms with E-state index < -0.39 is 10.0 Å². The van der Waals surface area contributed by atoms with Crippen molar-refractivity contribution in [3.8, 4) is 0 Å². The number of nitrogens with two attached hydrogens (primary N) is 1. The second kappa shape index (κ2) is 5.67. The third-order valence-corrected chi connectivity index (χ3v) is 6.24. The third kappa shape index (κ3) is 2.79. The van der Waals surface area contributed by atoms with E-state index in [2.05, 4.69) is 24.3 Å². The molecule has 7 heteroatoms. The molecule has 112 valence electrons. The summed E-state index contributed by atoms with van der Waals surface area (Å²) in [6.07, 6.45) is 4.35. The van der Waals surface area contributed by atoms with Crippen molar-refractivity contribution < 1.29 is 8.42 Å². The van der Waals surface area contributed by atoms with Gasteiger partial charge in [0, 0.05) is 19.3 Å². The molecule has 1 aliphatic heterocycles. The highest BCUT2D eigenvalue weighted by atomic mass is 32.2. The number of hydrogen-bond donors (Lipinski definition) is 2. The van der Waals surface area contributed by atoms with Crippen LogP contribution in [0.5, 0.6) is 0 Å². The number of nitrogens with one attached hydrogen (secondary N) is 1. The van der Waals surface area contributed by atoms with Gasteiger partial charge in [-0.25, -0.2) is 19.2 Å². The van der Waals surface area contributed by atoms with Crippen LogP contribution in [0.25, 0.3) is 0 Å². The second-order valence-corrected chi connectivity index (χ2v) is 7.47. The Morgan fingerprint density at radius 3 is 2.65 bits per heavy atom. The Hall–Kier alpha value is -1.18. The summed E-state index contributed by atoms with van der Waals surface area (Å²) in [4.78, 5) is 4.10. The van der Waals surface area contributed by atoms with Crippen LogP contribution < -0.4 is 11.3 Å². The van der Waals surface area contributed by atoms with Gasteiger partial charge in [-0.1, -0.05) is 20.3 Å². The minimum absolute atomic E-state index is 0.141. The first-order valence-electron chi connectivity index (χ1n) is 6.85. The molecule has 1 aromatic rings. The summed E-state index contributed by atoms with van der Waals surface area (Å²) in [6.45, 7) is 5.47. The Labute approximate surface area is 120 Å². The van der Waals surface area contributed by atoms with Gasteiger partial charge in [-0.15, -0.1) is 0 Å². The van der Waals surface area contributed by atoms with E-state index in [0.29, 0.717) is 13.1 Å². The molecule has 0 atom stereocenters. The number of nitrogen functional groups attached to an aromatic ring is 1. The third-order valence-electron chi connectivity index (χ3n) is 4.31. The van der Waals surface area contributed by atoms with Crippen LogP contribution in [0.2, 0.25) is 0 Å². The molecule has 1 fully saturated rings. The number of sulfonamides is 1. The molecule has 2 rings (SSSR count). The summed E-state index contributed by atoms with van der Waals surface area (Å²) in [5.41, 5.74) is 2.60. The number of pyridine rings is 1. The summed E-state index contributed by atoms with van der Waals surface area (Å²) in [7, 11) is -3.53. The summed E-state index contributed by atoms with van der Waals surface area (Å²) in [5, 5.41) is 0. The lowest BCUT2D eigenvalue weighted by molar-refractivity contribution is 0.169. The molecule has 0 unspecified atom stereocenters. The number of nitrogens with zero attached hydrogens (tertiary/aromatic N) is 2. The molecule has 0 radical (unpaired) electrons. The molecule has 0 saturated carbocycles. The maximum absolute atomic E-state index is 12.7. The molecule has 2 heterocycles. The van der Waals surface area contributed by atoms with E-state index in [-0.39, 0.29) is 16.1 Å². The maximum atomic E-state index is 12.7. The van der Waals surface area contributed by atoms with Gasteiger partial charge in [0.1, 0.15) is 4.90 Å². The first-order valence-corrected chi connectivity index (χ1v) is 8.29. The summed E-state index contributed by atoms with van der Waals surface area (Å²) < 4.78 is 26.8. The monoisotopic (exact) mass is 298 g/mol. The average molecular weight is 298 g/mol. The highest BCUT2D eigenvalue weighted by Gasteiger charge is 2.35. The van der Waals surface area contributed by atoms with Gasteiger partial charge in [0.15, 0.2) is 5.82 Å². The van der Waals surface area contributed by atoms with Crippen LogP contribution >= 0.6 is 0 Å². The summed E-state index contributed by atoms with van der Waals surface area (Å²) in [5.74, 6) is 5.54. The molecule has 1 aliphatic rings. The Kier molecular flexibility index (Phi) is 4.31. The minimum Gasteiger partial charge on any atom is -0.307 e. The molecule has 1 saturated heterocycles. The van der Waals surface area contributed by atoms with Crippen LogP contribution in [0.15, 0.2) is 23.2 Å². The first-order chi connectivity index (χ1) is 9.43. The van der Waals surface area contributed by atoms with Gasteiger partial charge in [-0.05, 0) is 30.4 Å². The Balaban J connectivity index is 2.24. The van der Waals surface area contributed by atoms with Gasteiger partial charge in [0.05, 0.1) is 0 Å². The van der Waals surface area contributed by atoms with Gasteiger partial charge in [-0.3, -0.25) is 0 Å². The predicted octanol–water partition coefficient (Wildman–Crippen LogP) is 1.57. The van der Waals surface area contributed by atoms with E-state index in [0.717, 1.165) is 19.3 Å². The lowest BCUT2D eigenvalue weighted by Gasteiger charge is -2.38. The van der Waals surface area contributed by atoms with Crippen molar-refractivity contribution in [2.24, 2.45) is 11.3 Å². The molecule has 1 aromatic heterocycles. The topological polar surface area (TPSA) is 88.3 Å². The van der Waals surface area contributed by atoms with Gasteiger partial charge in [0.25, 0.3) is 0 Å². The number of hydrazine groups is 1. The van der Waals surface area contributed by atoms with Crippen molar-refractivity contribution >= 4 is 15.8 Å². The van der Waals surface area contributed by atoms with Crippen molar-refractivity contribution in [2.45, 2.75) is 38.0 Å². The van der Waals surface area contributed by atoms with E-state index >= 15 is 0 Å². The first kappa shape index (κ1) is 15.2. The van der Waals surface area contributed by atoms with Crippen molar-refractivity contribution in [1.29, 1.82) is 0 Å². The van der Waals surface area contributed by atoms with E-state index in [1.807, 2.05) is 0 Å². The summed E-state index contributed by atoms with van der Waals surface area (Å²) in [6, 6.07) is 3.14. The van der Waals surface area contributed by atoms with Crippen LogP contribution in [0, 0.1) is 5.41 Å². The molecule has 6 nitrogen and oxygen atoms in total. The average Bonchev–Trinajstić information content (AvgIpc) is 2.47. The van der Waals surface area contributed by atoms with Crippen LogP contribution in [-0.2, 0) is 10.0 Å². The van der Waals surface area contributed by atoms with Gasteiger partial charge in [0.2, 0.25) is 10.0 Å². The molecule has 20 heavy (non-hydrogen) atoms. The van der Waals surface area contributed by atoms with E-state index in [9.17, 15) is 8.42 Å². The number of anilines is 1. The van der Waals surface area contributed by atoms with Crippen molar-refractivity contribution in [1.82, 2.24) is 9.29 Å². The SMILES string of the molecule is CCC1(C)CCN(S(=O)(=O)c2cccnc2NN)CC1. The zero-order valence-electron chi connectivity index (χ0n) is 12.0. The Morgan fingerprint density at radius 2 is 2.10 bits per heavy atom. The summed E-state index contributed by atoms with van der Waals surface area (Å²) >= 11 is 0. The number of hydrogen-bond acceptors (Lipinski definition) is 5. The zero-order chi connectivity index (χ0) is 14.8. The second-order valence-electron chi connectivity index (χ2n) is 5.56. The minimum atomic E-state index is -3.53. The molecular weight excluding hydrogens is 276 g/mol.